The molecule has 3 aromatic rings. The number of carboxylic acid groups (broad SMARTS) is 1. The Kier molecular flexibility index (Phi) is 7.33. The van der Waals surface area contributed by atoms with E-state index in [4.69, 9.17) is 0 Å². The Bertz CT molecular complexity index is 1120. The maximum absolute atomic E-state index is 12.4. The summed E-state index contributed by atoms with van der Waals surface area (Å²) in [4.78, 5) is 31.3. The zero-order valence-electron chi connectivity index (χ0n) is 18.3. The number of nitrogens with zero attached hydrogens (tertiary/aromatic N) is 3. The van der Waals surface area contributed by atoms with Gasteiger partial charge in [-0.3, -0.25) is 9.59 Å². The highest BCUT2D eigenvalue weighted by Crippen LogP contribution is 2.37. The molecular weight excluding hydrogens is 442 g/mol. The minimum Gasteiger partial charge on any atom is -0.481 e. The van der Waals surface area contributed by atoms with E-state index in [0.29, 0.717) is 32.2 Å². The monoisotopic (exact) mass is 471 g/mol. The molecule has 32 heavy (non-hydrogen) atoms. The smallest absolute Gasteiger partial charge is 0.309 e. The Hall–Kier alpha value is -2.16. The van der Waals surface area contributed by atoms with Crippen LogP contribution < -0.4 is 5.56 Å². The summed E-state index contributed by atoms with van der Waals surface area (Å²) < 4.78 is 3.07. The molecule has 0 spiro atoms. The third-order valence-electron chi connectivity index (χ3n) is 6.45. The molecule has 1 saturated heterocycles. The number of fused-ring (bicyclic) bond motifs is 1. The second-order valence-corrected chi connectivity index (χ2v) is 10.9. The van der Waals surface area contributed by atoms with Gasteiger partial charge in [0.1, 0.15) is 0 Å². The highest BCUT2D eigenvalue weighted by Gasteiger charge is 2.40. The van der Waals surface area contributed by atoms with Crippen LogP contribution in [0, 0.1) is 12.3 Å². The number of carboxylic acids is 1. The van der Waals surface area contributed by atoms with Crippen molar-refractivity contribution in [3.05, 3.63) is 57.8 Å². The Balaban J connectivity index is 1.34. The van der Waals surface area contributed by atoms with E-state index in [1.165, 1.54) is 10.4 Å². The average Bonchev–Trinajstić information content (AvgIpc) is 3.30. The molecular formula is C24H29N3O3S2. The predicted octanol–water partition coefficient (Wildman–Crippen LogP) is 4.51. The zero-order valence-corrected chi connectivity index (χ0v) is 20.0. The number of thiophene rings is 1. The summed E-state index contributed by atoms with van der Waals surface area (Å²) in [6, 6.07) is 10.1. The van der Waals surface area contributed by atoms with Crippen molar-refractivity contribution < 1.29 is 9.90 Å². The molecule has 1 aliphatic rings. The van der Waals surface area contributed by atoms with E-state index in [9.17, 15) is 14.7 Å². The number of hydrogen-bond acceptors (Lipinski definition) is 6. The van der Waals surface area contributed by atoms with Crippen molar-refractivity contribution in [2.24, 2.45) is 5.41 Å². The normalized spacial score (nSPS) is 16.4. The van der Waals surface area contributed by atoms with Gasteiger partial charge >= 0.3 is 5.97 Å². The Morgan fingerprint density at radius 3 is 2.78 bits per heavy atom. The van der Waals surface area contributed by atoms with Gasteiger partial charge in [-0.15, -0.1) is 23.1 Å². The molecule has 0 atom stereocenters. The van der Waals surface area contributed by atoms with Crippen LogP contribution in [0.3, 0.4) is 0 Å². The Morgan fingerprint density at radius 1 is 1.25 bits per heavy atom. The molecule has 0 saturated carbocycles. The number of aliphatic carboxylic acids is 1. The molecule has 8 heteroatoms. The van der Waals surface area contributed by atoms with Gasteiger partial charge in [0.05, 0.1) is 26.9 Å². The fourth-order valence-corrected chi connectivity index (χ4v) is 6.34. The first-order valence-corrected chi connectivity index (χ1v) is 12.9. The molecule has 1 fully saturated rings. The summed E-state index contributed by atoms with van der Waals surface area (Å²) in [6.07, 6.45) is 3.93. The lowest BCUT2D eigenvalue weighted by molar-refractivity contribution is -0.152. The minimum absolute atomic E-state index is 0.134. The molecule has 170 valence electrons. The second-order valence-electron chi connectivity index (χ2n) is 8.55. The lowest BCUT2D eigenvalue weighted by atomic mass is 9.75. The van der Waals surface area contributed by atoms with E-state index < -0.39 is 11.4 Å². The summed E-state index contributed by atoms with van der Waals surface area (Å²) in [5.74, 6) is 0.325. The van der Waals surface area contributed by atoms with Crippen molar-refractivity contribution in [2.75, 3.05) is 25.4 Å². The van der Waals surface area contributed by atoms with Crippen LogP contribution in [-0.2, 0) is 11.3 Å². The Labute approximate surface area is 196 Å². The number of benzene rings is 1. The molecule has 1 N–H and O–H groups in total. The third kappa shape index (κ3) is 5.24. The van der Waals surface area contributed by atoms with Crippen LogP contribution in [0.25, 0.3) is 11.0 Å². The van der Waals surface area contributed by atoms with Gasteiger partial charge in [-0.1, -0.05) is 12.1 Å². The molecule has 0 unspecified atom stereocenters. The molecule has 3 heterocycles. The number of carbonyl (C=O) groups is 1. The number of aromatic nitrogens is 2. The maximum Gasteiger partial charge on any atom is 0.309 e. The van der Waals surface area contributed by atoms with Crippen molar-refractivity contribution in [3.8, 4) is 0 Å². The highest BCUT2D eigenvalue weighted by atomic mass is 32.2. The van der Waals surface area contributed by atoms with Gasteiger partial charge in [0.2, 0.25) is 0 Å². The standard InChI is InChI=1S/C24H29N3O3S2/c1-18-5-6-19-20(16-18)27(21(28)17-25-19)10-3-7-24(23(29)30)8-11-26(12-9-24)13-15-32-22-4-2-14-31-22/h2,4-6,14,16-17H,3,7-13,15H2,1H3,(H,29,30). The van der Waals surface area contributed by atoms with Crippen LogP contribution in [0.15, 0.2) is 50.9 Å². The van der Waals surface area contributed by atoms with Gasteiger partial charge in [0.15, 0.2) is 0 Å². The third-order valence-corrected chi connectivity index (χ3v) is 8.56. The van der Waals surface area contributed by atoms with Crippen molar-refractivity contribution >= 4 is 40.1 Å². The fourth-order valence-electron chi connectivity index (χ4n) is 4.47. The van der Waals surface area contributed by atoms with E-state index in [-0.39, 0.29) is 5.56 Å². The van der Waals surface area contributed by atoms with Crippen LogP contribution in [0.1, 0.15) is 31.2 Å². The molecule has 4 rings (SSSR count). The lowest BCUT2D eigenvalue weighted by Gasteiger charge is -2.39. The quantitative estimate of drug-likeness (QED) is 0.463. The van der Waals surface area contributed by atoms with Crippen molar-refractivity contribution in [3.63, 3.8) is 0 Å². The topological polar surface area (TPSA) is 75.4 Å². The maximum atomic E-state index is 12.4. The predicted molar refractivity (Wildman–Crippen MR) is 131 cm³/mol. The number of hydrogen-bond donors (Lipinski definition) is 1. The molecule has 2 aromatic heterocycles. The first kappa shape index (κ1) is 23.0. The van der Waals surface area contributed by atoms with E-state index in [1.54, 1.807) is 15.9 Å². The summed E-state index contributed by atoms with van der Waals surface area (Å²) in [7, 11) is 0. The van der Waals surface area contributed by atoms with Gasteiger partial charge in [0.25, 0.3) is 5.56 Å². The molecule has 0 radical (unpaired) electrons. The van der Waals surface area contributed by atoms with Crippen LogP contribution in [0.5, 0.6) is 0 Å². The summed E-state index contributed by atoms with van der Waals surface area (Å²) in [5, 5.41) is 12.1. The van der Waals surface area contributed by atoms with Crippen molar-refractivity contribution in [1.29, 1.82) is 0 Å². The molecule has 0 bridgehead atoms. The van der Waals surface area contributed by atoms with Gasteiger partial charge in [0, 0.05) is 18.8 Å². The van der Waals surface area contributed by atoms with Gasteiger partial charge < -0.3 is 14.6 Å². The van der Waals surface area contributed by atoms with E-state index in [2.05, 4.69) is 27.4 Å². The summed E-state index contributed by atoms with van der Waals surface area (Å²) in [6.45, 7) is 5.12. The highest BCUT2D eigenvalue weighted by molar-refractivity contribution is 8.01. The van der Waals surface area contributed by atoms with E-state index in [1.807, 2.05) is 36.9 Å². The Morgan fingerprint density at radius 2 is 2.06 bits per heavy atom. The summed E-state index contributed by atoms with van der Waals surface area (Å²) >= 11 is 3.63. The summed E-state index contributed by atoms with van der Waals surface area (Å²) in [5.41, 5.74) is 1.85. The van der Waals surface area contributed by atoms with Gasteiger partial charge in [-0.2, -0.15) is 0 Å². The lowest BCUT2D eigenvalue weighted by Crippen LogP contribution is -2.45. The van der Waals surface area contributed by atoms with Crippen molar-refractivity contribution in [2.45, 2.75) is 43.4 Å². The van der Waals surface area contributed by atoms with E-state index >= 15 is 0 Å². The molecule has 6 nitrogen and oxygen atoms in total. The van der Waals surface area contributed by atoms with Crippen LogP contribution >= 0.6 is 23.1 Å². The SMILES string of the molecule is Cc1ccc2ncc(=O)n(CCCC3(C(=O)O)CCN(CCSc4cccs4)CC3)c2c1. The fraction of sp³-hybridized carbons (Fsp3) is 0.458. The molecule has 0 amide bonds. The largest absolute Gasteiger partial charge is 0.481 e. The van der Waals surface area contributed by atoms with Crippen LogP contribution in [0.2, 0.25) is 0 Å². The number of aryl methyl sites for hydroxylation is 2. The second kappa shape index (κ2) is 10.2. The van der Waals surface area contributed by atoms with Gasteiger partial charge in [-0.25, -0.2) is 4.98 Å². The van der Waals surface area contributed by atoms with Gasteiger partial charge in [-0.05, 0) is 74.8 Å². The molecule has 1 aromatic carbocycles. The zero-order chi connectivity index (χ0) is 22.6. The number of likely N-dealkylation sites (tertiary alicyclic amines) is 1. The first-order chi connectivity index (χ1) is 15.5. The molecule has 1 aliphatic heterocycles. The number of thioether (sulfide) groups is 1. The number of piperidine rings is 1. The van der Waals surface area contributed by atoms with Crippen LogP contribution in [0.4, 0.5) is 0 Å². The average molecular weight is 472 g/mol. The van der Waals surface area contributed by atoms with E-state index in [0.717, 1.165) is 42.0 Å². The molecule has 0 aliphatic carbocycles. The first-order valence-electron chi connectivity index (χ1n) is 11.1. The minimum atomic E-state index is -0.701. The number of rotatable bonds is 9. The van der Waals surface area contributed by atoms with Crippen LogP contribution in [-0.4, -0.2) is 50.9 Å². The van der Waals surface area contributed by atoms with Crippen molar-refractivity contribution in [1.82, 2.24) is 14.5 Å².